The van der Waals surface area contributed by atoms with Crippen molar-refractivity contribution in [1.82, 2.24) is 20.0 Å². The highest BCUT2D eigenvalue weighted by atomic mass is 32.1. The van der Waals surface area contributed by atoms with Gasteiger partial charge < -0.3 is 5.32 Å². The number of amides is 1. The highest BCUT2D eigenvalue weighted by molar-refractivity contribution is 7.15. The molecule has 0 aliphatic rings. The predicted molar refractivity (Wildman–Crippen MR) is 84.0 cm³/mol. The summed E-state index contributed by atoms with van der Waals surface area (Å²) in [6.07, 6.45) is 0.0628. The summed E-state index contributed by atoms with van der Waals surface area (Å²) < 4.78 is 1.25. The first-order valence-corrected chi connectivity index (χ1v) is 7.41. The van der Waals surface area contributed by atoms with Crippen molar-refractivity contribution in [2.75, 3.05) is 5.32 Å². The first-order valence-electron chi connectivity index (χ1n) is 6.59. The average molecular weight is 315 g/mol. The Kier molecular flexibility index (Phi) is 3.68. The van der Waals surface area contributed by atoms with E-state index in [0.29, 0.717) is 21.6 Å². The Morgan fingerprint density at radius 3 is 2.68 bits per heavy atom. The van der Waals surface area contributed by atoms with Crippen LogP contribution in [0.15, 0.2) is 29.1 Å². The molecule has 0 radical (unpaired) electrons. The van der Waals surface area contributed by atoms with E-state index in [1.165, 1.54) is 16.0 Å². The summed E-state index contributed by atoms with van der Waals surface area (Å²) in [5.74, 6) is -0.243. The first kappa shape index (κ1) is 14.3. The van der Waals surface area contributed by atoms with E-state index in [1.54, 1.807) is 25.2 Å². The van der Waals surface area contributed by atoms with E-state index >= 15 is 0 Å². The molecule has 0 saturated heterocycles. The second-order valence-electron chi connectivity index (χ2n) is 4.77. The molecule has 7 nitrogen and oxygen atoms in total. The first-order chi connectivity index (χ1) is 10.5. The van der Waals surface area contributed by atoms with Crippen LogP contribution < -0.4 is 10.9 Å². The lowest BCUT2D eigenvalue weighted by Crippen LogP contribution is -2.24. The molecule has 0 unspecified atom stereocenters. The van der Waals surface area contributed by atoms with Gasteiger partial charge in [-0.15, -0.1) is 10.2 Å². The molecule has 0 atom stereocenters. The maximum absolute atomic E-state index is 12.1. The van der Waals surface area contributed by atoms with Crippen molar-refractivity contribution in [3.8, 4) is 0 Å². The van der Waals surface area contributed by atoms with Gasteiger partial charge in [0.25, 0.3) is 5.56 Å². The molecule has 1 N–H and O–H groups in total. The van der Waals surface area contributed by atoms with Gasteiger partial charge in [-0.05, 0) is 13.0 Å². The van der Waals surface area contributed by atoms with E-state index in [1.807, 2.05) is 13.0 Å². The summed E-state index contributed by atoms with van der Waals surface area (Å²) in [5, 5.41) is 17.1. The Morgan fingerprint density at radius 2 is 2.00 bits per heavy atom. The molecular formula is C14H13N5O2S. The van der Waals surface area contributed by atoms with Crippen molar-refractivity contribution in [2.24, 2.45) is 7.05 Å². The molecule has 0 bridgehead atoms. The molecule has 0 spiro atoms. The van der Waals surface area contributed by atoms with Gasteiger partial charge in [0.2, 0.25) is 11.0 Å². The Balaban J connectivity index is 1.92. The number of fused-ring (bicyclic) bond motifs is 1. The van der Waals surface area contributed by atoms with Crippen LogP contribution in [-0.4, -0.2) is 25.9 Å². The minimum Gasteiger partial charge on any atom is -0.300 e. The van der Waals surface area contributed by atoms with Crippen molar-refractivity contribution in [3.63, 3.8) is 0 Å². The molecule has 1 aromatic carbocycles. The Morgan fingerprint density at radius 1 is 1.27 bits per heavy atom. The Bertz CT molecular complexity index is 915. The van der Waals surface area contributed by atoms with E-state index in [2.05, 4.69) is 20.6 Å². The monoisotopic (exact) mass is 315 g/mol. The van der Waals surface area contributed by atoms with Crippen molar-refractivity contribution in [3.05, 3.63) is 45.3 Å². The van der Waals surface area contributed by atoms with Gasteiger partial charge in [0.1, 0.15) is 5.01 Å². The van der Waals surface area contributed by atoms with E-state index in [0.717, 1.165) is 5.01 Å². The second kappa shape index (κ2) is 5.64. The molecule has 22 heavy (non-hydrogen) atoms. The summed E-state index contributed by atoms with van der Waals surface area (Å²) in [6.45, 7) is 1.81. The fourth-order valence-corrected chi connectivity index (χ4v) is 2.78. The molecule has 3 aromatic rings. The minimum atomic E-state index is -0.243. The van der Waals surface area contributed by atoms with Crippen LogP contribution in [0.3, 0.4) is 0 Å². The van der Waals surface area contributed by atoms with Crippen LogP contribution in [0, 0.1) is 6.92 Å². The molecule has 1 amide bonds. The van der Waals surface area contributed by atoms with Gasteiger partial charge in [0, 0.05) is 12.4 Å². The van der Waals surface area contributed by atoms with Gasteiger partial charge >= 0.3 is 0 Å². The molecule has 112 valence electrons. The largest absolute Gasteiger partial charge is 0.300 e. The maximum atomic E-state index is 12.1. The zero-order valence-corrected chi connectivity index (χ0v) is 12.8. The quantitative estimate of drug-likeness (QED) is 0.786. The van der Waals surface area contributed by atoms with Crippen molar-refractivity contribution in [1.29, 1.82) is 0 Å². The van der Waals surface area contributed by atoms with E-state index < -0.39 is 0 Å². The average Bonchev–Trinajstić information content (AvgIpc) is 2.89. The standard InChI is InChI=1S/C14H13N5O2S/c1-8-16-17-14(22-8)15-12(20)7-11-9-5-3-4-6-10(9)13(21)19(2)18-11/h3-6H,7H2,1-2H3,(H,15,17,20). The zero-order valence-electron chi connectivity index (χ0n) is 12.0. The molecule has 0 saturated carbocycles. The molecule has 0 aliphatic heterocycles. The number of carbonyl (C=O) groups is 1. The van der Waals surface area contributed by atoms with Crippen molar-refractivity contribution in [2.45, 2.75) is 13.3 Å². The predicted octanol–water partition coefficient (Wildman–Crippen LogP) is 1.27. The van der Waals surface area contributed by atoms with Gasteiger partial charge in [-0.2, -0.15) is 5.10 Å². The molecule has 3 rings (SSSR count). The number of benzene rings is 1. The molecule has 0 fully saturated rings. The van der Waals surface area contributed by atoms with Gasteiger partial charge in [-0.25, -0.2) is 4.68 Å². The van der Waals surface area contributed by atoms with Crippen LogP contribution in [0.5, 0.6) is 0 Å². The lowest BCUT2D eigenvalue weighted by molar-refractivity contribution is -0.115. The number of hydrogen-bond acceptors (Lipinski definition) is 6. The summed E-state index contributed by atoms with van der Waals surface area (Å²) in [4.78, 5) is 24.2. The smallest absolute Gasteiger partial charge is 0.274 e. The lowest BCUT2D eigenvalue weighted by atomic mass is 10.1. The number of nitrogens with one attached hydrogen (secondary N) is 1. The number of aromatic nitrogens is 4. The van der Waals surface area contributed by atoms with Crippen LogP contribution in [0.4, 0.5) is 5.13 Å². The SMILES string of the molecule is Cc1nnc(NC(=O)Cc2nn(C)c(=O)c3ccccc23)s1. The number of carbonyl (C=O) groups excluding carboxylic acids is 1. The second-order valence-corrected chi connectivity index (χ2v) is 5.95. The topological polar surface area (TPSA) is 89.8 Å². The van der Waals surface area contributed by atoms with Crippen LogP contribution in [0.2, 0.25) is 0 Å². The summed E-state index contributed by atoms with van der Waals surface area (Å²) >= 11 is 1.31. The van der Waals surface area contributed by atoms with Crippen LogP contribution in [0.25, 0.3) is 10.8 Å². The number of hydrogen-bond donors (Lipinski definition) is 1. The fourth-order valence-electron chi connectivity index (χ4n) is 2.17. The summed E-state index contributed by atoms with van der Waals surface area (Å²) in [5.41, 5.74) is 0.371. The zero-order chi connectivity index (χ0) is 15.7. The van der Waals surface area contributed by atoms with Crippen molar-refractivity contribution >= 4 is 33.1 Å². The Hall–Kier alpha value is -2.61. The van der Waals surface area contributed by atoms with E-state index in [9.17, 15) is 9.59 Å². The third-order valence-corrected chi connectivity index (χ3v) is 3.89. The number of aryl methyl sites for hydroxylation is 2. The summed E-state index contributed by atoms with van der Waals surface area (Å²) in [6, 6.07) is 7.13. The Labute approximate surface area is 129 Å². The third kappa shape index (κ3) is 2.73. The fraction of sp³-hybridized carbons (Fsp3) is 0.214. The highest BCUT2D eigenvalue weighted by Gasteiger charge is 2.13. The van der Waals surface area contributed by atoms with Crippen LogP contribution in [-0.2, 0) is 18.3 Å². The van der Waals surface area contributed by atoms with Crippen LogP contribution in [0.1, 0.15) is 10.7 Å². The number of nitrogens with zero attached hydrogens (tertiary/aromatic N) is 4. The van der Waals surface area contributed by atoms with E-state index in [4.69, 9.17) is 0 Å². The third-order valence-electron chi connectivity index (χ3n) is 3.13. The van der Waals surface area contributed by atoms with E-state index in [-0.39, 0.29) is 17.9 Å². The van der Waals surface area contributed by atoms with Gasteiger partial charge in [-0.1, -0.05) is 29.5 Å². The molecule has 2 heterocycles. The van der Waals surface area contributed by atoms with Gasteiger partial charge in [-0.3, -0.25) is 9.59 Å². The van der Waals surface area contributed by atoms with Gasteiger partial charge in [0.15, 0.2) is 0 Å². The normalized spacial score (nSPS) is 10.8. The molecule has 0 aliphatic carbocycles. The number of anilines is 1. The maximum Gasteiger partial charge on any atom is 0.274 e. The van der Waals surface area contributed by atoms with Crippen molar-refractivity contribution < 1.29 is 4.79 Å². The lowest BCUT2D eigenvalue weighted by Gasteiger charge is -2.07. The highest BCUT2D eigenvalue weighted by Crippen LogP contribution is 2.16. The molecular weight excluding hydrogens is 302 g/mol. The number of rotatable bonds is 3. The summed E-state index contributed by atoms with van der Waals surface area (Å²) in [7, 11) is 1.57. The van der Waals surface area contributed by atoms with Gasteiger partial charge in [0.05, 0.1) is 17.5 Å². The van der Waals surface area contributed by atoms with Crippen LogP contribution >= 0.6 is 11.3 Å². The molecule has 2 aromatic heterocycles. The molecule has 8 heteroatoms. The minimum absolute atomic E-state index is 0.0628.